The number of aromatic amines is 1. The summed E-state index contributed by atoms with van der Waals surface area (Å²) in [6.07, 6.45) is 3.15. The van der Waals surface area contributed by atoms with Gasteiger partial charge in [0.25, 0.3) is 5.91 Å². The first-order valence-electron chi connectivity index (χ1n) is 8.21. The maximum atomic E-state index is 12.9. The number of aliphatic hydroxyl groups is 1. The van der Waals surface area contributed by atoms with E-state index in [0.29, 0.717) is 33.2 Å². The van der Waals surface area contributed by atoms with Crippen LogP contribution in [-0.2, 0) is 0 Å². The lowest BCUT2D eigenvalue weighted by Gasteiger charge is -2.24. The van der Waals surface area contributed by atoms with Gasteiger partial charge in [0.15, 0.2) is 5.82 Å². The molecule has 0 saturated carbocycles. The van der Waals surface area contributed by atoms with E-state index in [9.17, 15) is 9.90 Å². The van der Waals surface area contributed by atoms with Gasteiger partial charge in [0.2, 0.25) is 0 Å². The topological polar surface area (TPSA) is 82.1 Å². The fourth-order valence-electron chi connectivity index (χ4n) is 2.69. The summed E-state index contributed by atoms with van der Waals surface area (Å²) in [6, 6.07) is 6.77. The normalized spacial score (nSPS) is 12.3. The number of benzene rings is 1. The minimum atomic E-state index is -0.826. The Morgan fingerprint density at radius 3 is 2.81 bits per heavy atom. The van der Waals surface area contributed by atoms with Crippen molar-refractivity contribution in [2.75, 3.05) is 13.1 Å². The van der Waals surface area contributed by atoms with E-state index in [-0.39, 0.29) is 18.3 Å². The largest absolute Gasteiger partial charge is 0.386 e. The molecule has 0 spiro atoms. The van der Waals surface area contributed by atoms with Crippen LogP contribution >= 0.6 is 23.2 Å². The number of fused-ring (bicyclic) bond motifs is 1. The summed E-state index contributed by atoms with van der Waals surface area (Å²) >= 11 is 12.0. The van der Waals surface area contributed by atoms with Gasteiger partial charge in [-0.2, -0.15) is 0 Å². The molecule has 0 radical (unpaired) electrons. The Morgan fingerprint density at radius 2 is 2.12 bits per heavy atom. The molecule has 2 N–H and O–H groups in total. The molecule has 8 heteroatoms. The van der Waals surface area contributed by atoms with E-state index in [1.54, 1.807) is 41.6 Å². The Hall–Kier alpha value is -2.15. The summed E-state index contributed by atoms with van der Waals surface area (Å²) in [5, 5.41) is 11.2. The number of rotatable bonds is 6. The van der Waals surface area contributed by atoms with Crippen molar-refractivity contribution in [3.8, 4) is 0 Å². The van der Waals surface area contributed by atoms with E-state index in [4.69, 9.17) is 23.2 Å². The molecular formula is C18H18Cl2N4O2. The summed E-state index contributed by atoms with van der Waals surface area (Å²) < 4.78 is 0. The smallest absolute Gasteiger partial charge is 0.289 e. The molecule has 0 aliphatic carbocycles. The minimum absolute atomic E-state index is 0.150. The number of amides is 1. The van der Waals surface area contributed by atoms with E-state index in [1.165, 1.54) is 0 Å². The van der Waals surface area contributed by atoms with E-state index in [1.807, 2.05) is 6.92 Å². The van der Waals surface area contributed by atoms with Gasteiger partial charge >= 0.3 is 0 Å². The summed E-state index contributed by atoms with van der Waals surface area (Å²) in [5.74, 6) is -0.108. The molecule has 6 nitrogen and oxygen atoms in total. The molecule has 26 heavy (non-hydrogen) atoms. The van der Waals surface area contributed by atoms with Gasteiger partial charge in [0, 0.05) is 24.5 Å². The predicted molar refractivity (Wildman–Crippen MR) is 102 cm³/mol. The molecule has 1 aromatic carbocycles. The molecule has 1 amide bonds. The molecule has 2 aromatic heterocycles. The third-order valence-corrected chi connectivity index (χ3v) is 4.69. The third-order valence-electron chi connectivity index (χ3n) is 3.97. The SMILES string of the molecule is CCCN(CC(O)c1cccnc1)C(=O)c1nc2cc(Cl)c(Cl)cc2[nH]1. The third kappa shape index (κ3) is 3.98. The lowest BCUT2D eigenvalue weighted by molar-refractivity contribution is 0.0611. The second-order valence-electron chi connectivity index (χ2n) is 5.92. The molecule has 1 unspecified atom stereocenters. The summed E-state index contributed by atoms with van der Waals surface area (Å²) in [5.41, 5.74) is 1.85. The average Bonchev–Trinajstić information content (AvgIpc) is 3.04. The number of aliphatic hydroxyl groups excluding tert-OH is 1. The van der Waals surface area contributed by atoms with Gasteiger partial charge in [0.05, 0.1) is 33.7 Å². The van der Waals surface area contributed by atoms with Gasteiger partial charge in [-0.1, -0.05) is 36.2 Å². The molecule has 136 valence electrons. The first-order chi connectivity index (χ1) is 12.5. The van der Waals surface area contributed by atoms with Crippen molar-refractivity contribution >= 4 is 40.1 Å². The van der Waals surface area contributed by atoms with Gasteiger partial charge in [0.1, 0.15) is 0 Å². The maximum Gasteiger partial charge on any atom is 0.289 e. The fourth-order valence-corrected chi connectivity index (χ4v) is 3.01. The van der Waals surface area contributed by atoms with Gasteiger partial charge in [-0.25, -0.2) is 4.98 Å². The summed E-state index contributed by atoms with van der Waals surface area (Å²) in [4.78, 5) is 25.7. The molecule has 3 rings (SSSR count). The van der Waals surface area contributed by atoms with Crippen molar-refractivity contribution in [3.05, 3.63) is 58.1 Å². The highest BCUT2D eigenvalue weighted by Gasteiger charge is 2.22. The average molecular weight is 393 g/mol. The second kappa shape index (κ2) is 8.03. The zero-order valence-electron chi connectivity index (χ0n) is 14.1. The number of carbonyl (C=O) groups excluding carboxylic acids is 1. The predicted octanol–water partition coefficient (Wildman–Crippen LogP) is 3.85. The lowest BCUT2D eigenvalue weighted by Crippen LogP contribution is -2.36. The summed E-state index contributed by atoms with van der Waals surface area (Å²) in [6.45, 7) is 2.61. The number of aromatic nitrogens is 3. The summed E-state index contributed by atoms with van der Waals surface area (Å²) in [7, 11) is 0. The van der Waals surface area contributed by atoms with Crippen LogP contribution in [0.3, 0.4) is 0 Å². The van der Waals surface area contributed by atoms with E-state index in [0.717, 1.165) is 6.42 Å². The number of hydrogen-bond acceptors (Lipinski definition) is 4. The van der Waals surface area contributed by atoms with E-state index >= 15 is 0 Å². The maximum absolute atomic E-state index is 12.9. The van der Waals surface area contributed by atoms with Crippen LogP contribution in [0.5, 0.6) is 0 Å². The number of nitrogens with one attached hydrogen (secondary N) is 1. The monoisotopic (exact) mass is 392 g/mol. The molecule has 0 aliphatic rings. The number of hydrogen-bond donors (Lipinski definition) is 2. The van der Waals surface area contributed by atoms with Crippen LogP contribution in [0.4, 0.5) is 0 Å². The Bertz CT molecular complexity index is 875. The van der Waals surface area contributed by atoms with Crippen molar-refractivity contribution in [2.24, 2.45) is 0 Å². The fraction of sp³-hybridized carbons (Fsp3) is 0.278. The number of halogens is 2. The Labute approximate surface area is 160 Å². The van der Waals surface area contributed by atoms with Crippen molar-refractivity contribution < 1.29 is 9.90 Å². The Morgan fingerprint density at radius 1 is 1.35 bits per heavy atom. The van der Waals surface area contributed by atoms with E-state index in [2.05, 4.69) is 15.0 Å². The van der Waals surface area contributed by atoms with Gasteiger partial charge < -0.3 is 15.0 Å². The first-order valence-corrected chi connectivity index (χ1v) is 8.97. The van der Waals surface area contributed by atoms with Crippen LogP contribution in [0.1, 0.15) is 35.6 Å². The van der Waals surface area contributed by atoms with Crippen LogP contribution in [0.2, 0.25) is 10.0 Å². The van der Waals surface area contributed by atoms with Crippen LogP contribution in [0.15, 0.2) is 36.7 Å². The molecule has 0 fully saturated rings. The highest BCUT2D eigenvalue weighted by molar-refractivity contribution is 6.42. The molecule has 2 heterocycles. The first kappa shape index (κ1) is 18.6. The number of pyridine rings is 1. The molecule has 1 atom stereocenters. The van der Waals surface area contributed by atoms with Crippen LogP contribution in [-0.4, -0.2) is 44.0 Å². The van der Waals surface area contributed by atoms with Crippen molar-refractivity contribution in [2.45, 2.75) is 19.4 Å². The number of imidazole rings is 1. The Balaban J connectivity index is 1.84. The number of carbonyl (C=O) groups is 1. The van der Waals surface area contributed by atoms with E-state index < -0.39 is 6.10 Å². The van der Waals surface area contributed by atoms with Crippen molar-refractivity contribution in [3.63, 3.8) is 0 Å². The lowest BCUT2D eigenvalue weighted by atomic mass is 10.1. The van der Waals surface area contributed by atoms with Crippen molar-refractivity contribution in [1.82, 2.24) is 19.9 Å². The van der Waals surface area contributed by atoms with Crippen molar-refractivity contribution in [1.29, 1.82) is 0 Å². The zero-order chi connectivity index (χ0) is 18.7. The molecule has 0 saturated heterocycles. The highest BCUT2D eigenvalue weighted by atomic mass is 35.5. The van der Waals surface area contributed by atoms with Crippen LogP contribution in [0, 0.1) is 0 Å². The minimum Gasteiger partial charge on any atom is -0.386 e. The molecular weight excluding hydrogens is 375 g/mol. The van der Waals surface area contributed by atoms with Gasteiger partial charge in [-0.3, -0.25) is 9.78 Å². The second-order valence-corrected chi connectivity index (χ2v) is 6.74. The standard InChI is InChI=1S/C18H18Cl2N4O2/c1-2-6-24(10-16(25)11-4-3-5-21-9-11)18(26)17-22-14-7-12(19)13(20)8-15(14)23-17/h3-5,7-9,16,25H,2,6,10H2,1H3,(H,22,23). The highest BCUT2D eigenvalue weighted by Crippen LogP contribution is 2.27. The zero-order valence-corrected chi connectivity index (χ0v) is 15.6. The molecule has 0 bridgehead atoms. The van der Waals surface area contributed by atoms with Gasteiger partial charge in [-0.15, -0.1) is 0 Å². The van der Waals surface area contributed by atoms with Crippen LogP contribution in [0.25, 0.3) is 11.0 Å². The molecule has 3 aromatic rings. The quantitative estimate of drug-likeness (QED) is 0.667. The van der Waals surface area contributed by atoms with Gasteiger partial charge in [-0.05, 0) is 24.6 Å². The Kier molecular flexibility index (Phi) is 5.76. The molecule has 0 aliphatic heterocycles. The number of H-pyrrole nitrogens is 1. The number of nitrogens with zero attached hydrogens (tertiary/aromatic N) is 3. The van der Waals surface area contributed by atoms with Crippen LogP contribution < -0.4 is 0 Å².